The lowest BCUT2D eigenvalue weighted by Crippen LogP contribution is -2.22. The Morgan fingerprint density at radius 2 is 1.92 bits per heavy atom. The highest BCUT2D eigenvalue weighted by atomic mass is 16.5. The summed E-state index contributed by atoms with van der Waals surface area (Å²) >= 11 is 0. The zero-order chi connectivity index (χ0) is 9.26. The Balaban J connectivity index is 1.94. The lowest BCUT2D eigenvalue weighted by molar-refractivity contribution is -0.141. The summed E-state index contributed by atoms with van der Waals surface area (Å²) in [5.41, 5.74) is 0.663. The third-order valence-electron chi connectivity index (χ3n) is 3.17. The van der Waals surface area contributed by atoms with Crippen molar-refractivity contribution in [2.45, 2.75) is 44.6 Å². The van der Waals surface area contributed by atoms with Gasteiger partial charge in [-0.2, -0.15) is 0 Å². The van der Waals surface area contributed by atoms with Gasteiger partial charge in [0.05, 0.1) is 0 Å². The molecule has 1 aliphatic carbocycles. The molecular formula is C11H16O2. The van der Waals surface area contributed by atoms with Crippen LogP contribution in [0.2, 0.25) is 0 Å². The summed E-state index contributed by atoms with van der Waals surface area (Å²) in [6.45, 7) is 3.71. The fraction of sp³-hybridized carbons (Fsp3) is 0.727. The van der Waals surface area contributed by atoms with E-state index >= 15 is 0 Å². The molecular weight excluding hydrogens is 164 g/mol. The van der Waals surface area contributed by atoms with Crippen molar-refractivity contribution in [2.24, 2.45) is 5.92 Å². The van der Waals surface area contributed by atoms with Gasteiger partial charge < -0.3 is 4.74 Å². The number of ether oxygens (including phenoxy) is 1. The number of hydrogen-bond donors (Lipinski definition) is 0. The Hall–Kier alpha value is -0.790. The summed E-state index contributed by atoms with van der Waals surface area (Å²) < 4.78 is 5.27. The van der Waals surface area contributed by atoms with E-state index in [0.717, 1.165) is 6.42 Å². The van der Waals surface area contributed by atoms with Gasteiger partial charge in [0, 0.05) is 12.0 Å². The maximum absolute atomic E-state index is 11.1. The molecule has 0 bridgehead atoms. The molecule has 0 aromatic carbocycles. The molecule has 1 saturated heterocycles. The normalized spacial score (nSPS) is 30.6. The second kappa shape index (κ2) is 3.52. The minimum atomic E-state index is -0.171. The molecule has 2 aliphatic rings. The first kappa shape index (κ1) is 8.79. The molecule has 2 nitrogen and oxygen atoms in total. The summed E-state index contributed by atoms with van der Waals surface area (Å²) in [5.74, 6) is 0.438. The molecule has 13 heavy (non-hydrogen) atoms. The second-order valence-corrected chi connectivity index (χ2v) is 4.15. The van der Waals surface area contributed by atoms with Crippen LogP contribution in [0.5, 0.6) is 0 Å². The van der Waals surface area contributed by atoms with E-state index in [4.69, 9.17) is 4.74 Å². The van der Waals surface area contributed by atoms with Gasteiger partial charge in [0.2, 0.25) is 0 Å². The minimum Gasteiger partial charge on any atom is -0.458 e. The first-order valence-electron chi connectivity index (χ1n) is 5.16. The Morgan fingerprint density at radius 3 is 2.46 bits per heavy atom. The summed E-state index contributed by atoms with van der Waals surface area (Å²) in [7, 11) is 0. The van der Waals surface area contributed by atoms with E-state index in [1.54, 1.807) is 0 Å². The molecule has 2 rings (SSSR count). The average molecular weight is 180 g/mol. The third kappa shape index (κ3) is 1.77. The maximum Gasteiger partial charge on any atom is 0.333 e. The zero-order valence-electron chi connectivity index (χ0n) is 7.92. The molecule has 1 aliphatic heterocycles. The molecule has 0 amide bonds. The van der Waals surface area contributed by atoms with Crippen molar-refractivity contribution in [3.63, 3.8) is 0 Å². The molecule has 0 radical (unpaired) electrons. The van der Waals surface area contributed by atoms with Crippen molar-refractivity contribution in [1.29, 1.82) is 0 Å². The van der Waals surface area contributed by atoms with E-state index in [2.05, 4.69) is 6.58 Å². The van der Waals surface area contributed by atoms with E-state index in [1.165, 1.54) is 32.1 Å². The number of carbonyl (C=O) groups excluding carboxylic acids is 1. The van der Waals surface area contributed by atoms with Gasteiger partial charge in [-0.25, -0.2) is 4.79 Å². The van der Waals surface area contributed by atoms with E-state index in [0.29, 0.717) is 11.5 Å². The average Bonchev–Trinajstić information content (AvgIpc) is 2.49. The van der Waals surface area contributed by atoms with Crippen molar-refractivity contribution >= 4 is 5.97 Å². The molecule has 0 spiro atoms. The fourth-order valence-electron chi connectivity index (χ4n) is 2.36. The van der Waals surface area contributed by atoms with Crippen LogP contribution in [0.15, 0.2) is 12.2 Å². The number of rotatable bonds is 1. The van der Waals surface area contributed by atoms with Crippen LogP contribution in [-0.2, 0) is 9.53 Å². The van der Waals surface area contributed by atoms with Crippen LogP contribution >= 0.6 is 0 Å². The molecule has 0 aromatic heterocycles. The standard InChI is InChI=1S/C11H16O2/c1-8-7-10(13-11(8)12)9-5-3-2-4-6-9/h9-10H,1-7H2. The first-order valence-corrected chi connectivity index (χ1v) is 5.16. The fourth-order valence-corrected chi connectivity index (χ4v) is 2.36. The van der Waals surface area contributed by atoms with Crippen LogP contribution < -0.4 is 0 Å². The van der Waals surface area contributed by atoms with Gasteiger partial charge in [0.15, 0.2) is 0 Å². The van der Waals surface area contributed by atoms with E-state index < -0.39 is 0 Å². The highest BCUT2D eigenvalue weighted by molar-refractivity contribution is 5.89. The SMILES string of the molecule is C=C1CC(C2CCCCC2)OC1=O. The Morgan fingerprint density at radius 1 is 1.23 bits per heavy atom. The topological polar surface area (TPSA) is 26.3 Å². The smallest absolute Gasteiger partial charge is 0.333 e. The molecule has 2 fully saturated rings. The quantitative estimate of drug-likeness (QED) is 0.457. The molecule has 0 N–H and O–H groups in total. The highest BCUT2D eigenvalue weighted by Crippen LogP contribution is 2.34. The van der Waals surface area contributed by atoms with Gasteiger partial charge >= 0.3 is 5.97 Å². The van der Waals surface area contributed by atoms with Gasteiger partial charge in [-0.05, 0) is 18.8 Å². The number of hydrogen-bond acceptors (Lipinski definition) is 2. The van der Waals surface area contributed by atoms with Crippen molar-refractivity contribution in [2.75, 3.05) is 0 Å². The molecule has 2 heteroatoms. The van der Waals surface area contributed by atoms with Crippen LogP contribution in [0.3, 0.4) is 0 Å². The Bertz CT molecular complexity index is 210. The van der Waals surface area contributed by atoms with Crippen LogP contribution in [0.25, 0.3) is 0 Å². The van der Waals surface area contributed by atoms with Crippen molar-refractivity contribution in [3.8, 4) is 0 Å². The number of esters is 1. The molecule has 1 heterocycles. The molecule has 1 saturated carbocycles. The van der Waals surface area contributed by atoms with Crippen LogP contribution in [0, 0.1) is 5.92 Å². The molecule has 72 valence electrons. The van der Waals surface area contributed by atoms with Gasteiger partial charge in [-0.15, -0.1) is 0 Å². The second-order valence-electron chi connectivity index (χ2n) is 4.15. The molecule has 0 aromatic rings. The number of carbonyl (C=O) groups is 1. The van der Waals surface area contributed by atoms with Crippen LogP contribution in [0.1, 0.15) is 38.5 Å². The summed E-state index contributed by atoms with van der Waals surface area (Å²) in [6, 6.07) is 0. The summed E-state index contributed by atoms with van der Waals surface area (Å²) in [5, 5.41) is 0. The maximum atomic E-state index is 11.1. The van der Waals surface area contributed by atoms with Crippen molar-refractivity contribution in [1.82, 2.24) is 0 Å². The minimum absolute atomic E-state index is 0.153. The predicted molar refractivity (Wildman–Crippen MR) is 50.2 cm³/mol. The number of cyclic esters (lactones) is 1. The molecule has 1 atom stereocenters. The van der Waals surface area contributed by atoms with E-state index in [9.17, 15) is 4.79 Å². The Kier molecular flexibility index (Phi) is 2.38. The van der Waals surface area contributed by atoms with Crippen LogP contribution in [0.4, 0.5) is 0 Å². The van der Waals surface area contributed by atoms with Crippen LogP contribution in [-0.4, -0.2) is 12.1 Å². The van der Waals surface area contributed by atoms with Crippen molar-refractivity contribution in [3.05, 3.63) is 12.2 Å². The van der Waals surface area contributed by atoms with E-state index in [1.807, 2.05) is 0 Å². The zero-order valence-corrected chi connectivity index (χ0v) is 7.92. The van der Waals surface area contributed by atoms with Gasteiger partial charge in [0.1, 0.15) is 6.10 Å². The largest absolute Gasteiger partial charge is 0.458 e. The lowest BCUT2D eigenvalue weighted by Gasteiger charge is -2.25. The highest BCUT2D eigenvalue weighted by Gasteiger charge is 2.33. The summed E-state index contributed by atoms with van der Waals surface area (Å²) in [6.07, 6.45) is 7.31. The van der Waals surface area contributed by atoms with Gasteiger partial charge in [-0.1, -0.05) is 25.8 Å². The third-order valence-corrected chi connectivity index (χ3v) is 3.17. The van der Waals surface area contributed by atoms with E-state index in [-0.39, 0.29) is 12.1 Å². The summed E-state index contributed by atoms with van der Waals surface area (Å²) in [4.78, 5) is 11.1. The van der Waals surface area contributed by atoms with Gasteiger partial charge in [-0.3, -0.25) is 0 Å². The van der Waals surface area contributed by atoms with Crippen molar-refractivity contribution < 1.29 is 9.53 Å². The predicted octanol–water partition coefficient (Wildman–Crippen LogP) is 2.44. The Labute approximate surface area is 79.0 Å². The lowest BCUT2D eigenvalue weighted by atomic mass is 9.84. The molecule has 1 unspecified atom stereocenters. The first-order chi connectivity index (χ1) is 6.27. The van der Waals surface area contributed by atoms with Gasteiger partial charge in [0.25, 0.3) is 0 Å². The monoisotopic (exact) mass is 180 g/mol.